The topological polar surface area (TPSA) is 48.1 Å². The van der Waals surface area contributed by atoms with Crippen LogP contribution in [0.5, 0.6) is 5.75 Å². The van der Waals surface area contributed by atoms with Gasteiger partial charge in [-0.2, -0.15) is 0 Å². The maximum atomic E-state index is 5.86. The lowest BCUT2D eigenvalue weighted by molar-refractivity contribution is 0.270. The lowest BCUT2D eigenvalue weighted by atomic mass is 10.1. The van der Waals surface area contributed by atoms with E-state index in [0.29, 0.717) is 5.92 Å². The van der Waals surface area contributed by atoms with Gasteiger partial charge in [-0.15, -0.1) is 0 Å². The first-order chi connectivity index (χ1) is 7.13. The maximum absolute atomic E-state index is 5.86. The van der Waals surface area contributed by atoms with E-state index in [4.69, 9.17) is 10.5 Å². The lowest BCUT2D eigenvalue weighted by Gasteiger charge is -2.10. The van der Waals surface area contributed by atoms with Gasteiger partial charge in [-0.3, -0.25) is 4.98 Å². The van der Waals surface area contributed by atoms with E-state index in [1.165, 1.54) is 0 Å². The van der Waals surface area contributed by atoms with Crippen LogP contribution in [0, 0.1) is 5.92 Å². The summed E-state index contributed by atoms with van der Waals surface area (Å²) in [7, 11) is 0. The van der Waals surface area contributed by atoms with Crippen molar-refractivity contribution in [3.8, 4) is 5.75 Å². The quantitative estimate of drug-likeness (QED) is 0.808. The molecule has 1 aromatic rings. The third-order valence-electron chi connectivity index (χ3n) is 2.16. The van der Waals surface area contributed by atoms with Crippen molar-refractivity contribution in [2.45, 2.75) is 33.2 Å². The first kappa shape index (κ1) is 12.0. The number of rotatable bonds is 5. The van der Waals surface area contributed by atoms with Gasteiger partial charge in [-0.25, -0.2) is 0 Å². The van der Waals surface area contributed by atoms with Gasteiger partial charge in [-0.05, 0) is 24.5 Å². The average Bonchev–Trinajstić information content (AvgIpc) is 2.26. The van der Waals surface area contributed by atoms with Crippen molar-refractivity contribution in [1.29, 1.82) is 0 Å². The number of hydrogen-bond acceptors (Lipinski definition) is 3. The highest BCUT2D eigenvalue weighted by Gasteiger charge is 2.04. The third kappa shape index (κ3) is 3.88. The highest BCUT2D eigenvalue weighted by molar-refractivity contribution is 5.21. The van der Waals surface area contributed by atoms with Crippen molar-refractivity contribution in [2.24, 2.45) is 11.7 Å². The molecule has 0 saturated heterocycles. The zero-order chi connectivity index (χ0) is 11.3. The highest BCUT2D eigenvalue weighted by Crippen LogP contribution is 2.15. The Labute approximate surface area is 91.7 Å². The minimum Gasteiger partial charge on any atom is -0.492 e. The van der Waals surface area contributed by atoms with Crippen molar-refractivity contribution in [3.05, 3.63) is 24.0 Å². The Kier molecular flexibility index (Phi) is 4.56. The van der Waals surface area contributed by atoms with Gasteiger partial charge in [0, 0.05) is 6.04 Å². The van der Waals surface area contributed by atoms with Crippen LogP contribution < -0.4 is 10.5 Å². The van der Waals surface area contributed by atoms with E-state index in [0.717, 1.165) is 24.5 Å². The summed E-state index contributed by atoms with van der Waals surface area (Å²) in [5.74, 6) is 1.35. The lowest BCUT2D eigenvalue weighted by Crippen LogP contribution is -2.10. The van der Waals surface area contributed by atoms with Crippen molar-refractivity contribution < 1.29 is 4.74 Å². The van der Waals surface area contributed by atoms with E-state index in [2.05, 4.69) is 25.8 Å². The molecule has 0 amide bonds. The number of hydrogen-bond donors (Lipinski definition) is 1. The number of ether oxygens (including phenoxy) is 1. The molecule has 0 bridgehead atoms. The molecule has 1 rings (SSSR count). The van der Waals surface area contributed by atoms with Gasteiger partial charge in [0.05, 0.1) is 18.5 Å². The summed E-state index contributed by atoms with van der Waals surface area (Å²) in [6.07, 6.45) is 2.65. The molecule has 1 atom stereocenters. The van der Waals surface area contributed by atoms with Crippen molar-refractivity contribution in [3.63, 3.8) is 0 Å². The molecule has 1 unspecified atom stereocenters. The van der Waals surface area contributed by atoms with Crippen LogP contribution in [-0.2, 0) is 0 Å². The molecule has 15 heavy (non-hydrogen) atoms. The molecule has 3 nitrogen and oxygen atoms in total. The molecular formula is C12H20N2O. The Balaban J connectivity index is 2.56. The van der Waals surface area contributed by atoms with Crippen molar-refractivity contribution in [2.75, 3.05) is 6.61 Å². The van der Waals surface area contributed by atoms with E-state index >= 15 is 0 Å². The summed E-state index contributed by atoms with van der Waals surface area (Å²) < 4.78 is 5.53. The monoisotopic (exact) mass is 208 g/mol. The SMILES string of the molecule is CCC(N)c1ccc(OCC(C)C)cn1. The molecule has 1 aromatic heterocycles. The molecule has 0 aliphatic heterocycles. The summed E-state index contributed by atoms with van der Waals surface area (Å²) >= 11 is 0. The van der Waals surface area contributed by atoms with Gasteiger partial charge in [0.2, 0.25) is 0 Å². The number of nitrogens with zero attached hydrogens (tertiary/aromatic N) is 1. The standard InChI is InChI=1S/C12H20N2O/c1-4-11(13)12-6-5-10(7-14-12)15-8-9(2)3/h5-7,9,11H,4,8,13H2,1-3H3. The van der Waals surface area contributed by atoms with Gasteiger partial charge >= 0.3 is 0 Å². The van der Waals surface area contributed by atoms with Crippen LogP contribution >= 0.6 is 0 Å². The second kappa shape index (κ2) is 5.71. The Morgan fingerprint density at radius 1 is 1.40 bits per heavy atom. The molecule has 1 heterocycles. The van der Waals surface area contributed by atoms with Crippen LogP contribution in [0.1, 0.15) is 38.9 Å². The first-order valence-electron chi connectivity index (χ1n) is 5.47. The second-order valence-electron chi connectivity index (χ2n) is 4.14. The molecular weight excluding hydrogens is 188 g/mol. The van der Waals surface area contributed by atoms with Crippen LogP contribution in [0.25, 0.3) is 0 Å². The fourth-order valence-electron chi connectivity index (χ4n) is 1.17. The zero-order valence-corrected chi connectivity index (χ0v) is 9.73. The number of aromatic nitrogens is 1. The van der Waals surface area contributed by atoms with Crippen molar-refractivity contribution in [1.82, 2.24) is 4.98 Å². The van der Waals surface area contributed by atoms with Crippen LogP contribution in [0.15, 0.2) is 18.3 Å². The molecule has 84 valence electrons. The Morgan fingerprint density at radius 2 is 2.13 bits per heavy atom. The zero-order valence-electron chi connectivity index (χ0n) is 9.73. The largest absolute Gasteiger partial charge is 0.492 e. The fraction of sp³-hybridized carbons (Fsp3) is 0.583. The molecule has 2 N–H and O–H groups in total. The summed E-state index contributed by atoms with van der Waals surface area (Å²) in [4.78, 5) is 4.28. The van der Waals surface area contributed by atoms with E-state index in [1.54, 1.807) is 6.20 Å². The second-order valence-corrected chi connectivity index (χ2v) is 4.14. The summed E-state index contributed by atoms with van der Waals surface area (Å²) in [6.45, 7) is 7.01. The van der Waals surface area contributed by atoms with Gasteiger partial charge in [0.1, 0.15) is 5.75 Å². The molecule has 0 aromatic carbocycles. The summed E-state index contributed by atoms with van der Waals surface area (Å²) in [5, 5.41) is 0. The van der Waals surface area contributed by atoms with Gasteiger partial charge < -0.3 is 10.5 Å². The molecule has 0 aliphatic rings. The molecule has 0 saturated carbocycles. The van der Waals surface area contributed by atoms with Gasteiger partial charge in [0.15, 0.2) is 0 Å². The Hall–Kier alpha value is -1.09. The Morgan fingerprint density at radius 3 is 2.60 bits per heavy atom. The normalized spacial score (nSPS) is 12.9. The summed E-state index contributed by atoms with van der Waals surface area (Å²) in [5.41, 5.74) is 6.79. The predicted molar refractivity (Wildman–Crippen MR) is 61.8 cm³/mol. The smallest absolute Gasteiger partial charge is 0.137 e. The van der Waals surface area contributed by atoms with Crippen LogP contribution in [0.3, 0.4) is 0 Å². The first-order valence-corrected chi connectivity index (χ1v) is 5.47. The number of pyridine rings is 1. The van der Waals surface area contributed by atoms with E-state index < -0.39 is 0 Å². The molecule has 0 aliphatic carbocycles. The highest BCUT2D eigenvalue weighted by atomic mass is 16.5. The van der Waals surface area contributed by atoms with E-state index in [-0.39, 0.29) is 6.04 Å². The molecule has 0 fully saturated rings. The van der Waals surface area contributed by atoms with E-state index in [1.807, 2.05) is 12.1 Å². The molecule has 0 radical (unpaired) electrons. The van der Waals surface area contributed by atoms with E-state index in [9.17, 15) is 0 Å². The third-order valence-corrected chi connectivity index (χ3v) is 2.16. The maximum Gasteiger partial charge on any atom is 0.137 e. The molecule has 3 heteroatoms. The van der Waals surface area contributed by atoms with Crippen LogP contribution in [-0.4, -0.2) is 11.6 Å². The average molecular weight is 208 g/mol. The summed E-state index contributed by atoms with van der Waals surface area (Å²) in [6, 6.07) is 3.90. The van der Waals surface area contributed by atoms with Crippen LogP contribution in [0.2, 0.25) is 0 Å². The number of nitrogens with two attached hydrogens (primary N) is 1. The predicted octanol–water partition coefficient (Wildman–Crippen LogP) is 2.53. The fourth-order valence-corrected chi connectivity index (χ4v) is 1.17. The van der Waals surface area contributed by atoms with Gasteiger partial charge in [-0.1, -0.05) is 20.8 Å². The minimum absolute atomic E-state index is 0.0316. The Bertz CT molecular complexity index is 282. The minimum atomic E-state index is 0.0316. The molecule has 0 spiro atoms. The van der Waals surface area contributed by atoms with Crippen LogP contribution in [0.4, 0.5) is 0 Å². The van der Waals surface area contributed by atoms with Crippen molar-refractivity contribution >= 4 is 0 Å². The van der Waals surface area contributed by atoms with Gasteiger partial charge in [0.25, 0.3) is 0 Å².